The Bertz CT molecular complexity index is 744. The van der Waals surface area contributed by atoms with Crippen LogP contribution in [0.15, 0.2) is 48.5 Å². The molecule has 0 aliphatic carbocycles. The first kappa shape index (κ1) is 14.2. The van der Waals surface area contributed by atoms with E-state index in [1.165, 1.54) is 0 Å². The molecule has 1 aliphatic rings. The summed E-state index contributed by atoms with van der Waals surface area (Å²) in [5.74, 6) is -0.240. The number of para-hydroxylation sites is 2. The Morgan fingerprint density at radius 2 is 1.36 bits per heavy atom. The van der Waals surface area contributed by atoms with Crippen molar-refractivity contribution >= 4 is 35.5 Å². The van der Waals surface area contributed by atoms with Crippen molar-refractivity contribution in [3.8, 4) is 0 Å². The summed E-state index contributed by atoms with van der Waals surface area (Å²) in [7, 11) is 0. The molecule has 0 saturated carbocycles. The highest BCUT2D eigenvalue weighted by atomic mass is 16.2. The van der Waals surface area contributed by atoms with E-state index in [4.69, 9.17) is 5.73 Å². The Balaban J connectivity index is 2.48. The van der Waals surface area contributed by atoms with E-state index in [-0.39, 0.29) is 12.3 Å². The molecule has 1 aliphatic heterocycles. The number of imide groups is 1. The van der Waals surface area contributed by atoms with E-state index in [9.17, 15) is 9.59 Å². The fourth-order valence-corrected chi connectivity index (χ4v) is 3.04. The van der Waals surface area contributed by atoms with Gasteiger partial charge in [0.2, 0.25) is 0 Å². The van der Waals surface area contributed by atoms with Crippen molar-refractivity contribution in [1.29, 1.82) is 0 Å². The first-order valence-corrected chi connectivity index (χ1v) is 7.22. The van der Waals surface area contributed by atoms with Crippen LogP contribution in [0, 0.1) is 0 Å². The highest BCUT2D eigenvalue weighted by Crippen LogP contribution is 2.43. The van der Waals surface area contributed by atoms with E-state index in [0.717, 1.165) is 11.1 Å². The molecule has 0 unspecified atom stereocenters. The molecule has 0 bridgehead atoms. The Kier molecular flexibility index (Phi) is 3.39. The summed E-state index contributed by atoms with van der Waals surface area (Å²) in [6.45, 7) is 1.74. The molecule has 3 amide bonds. The molecule has 2 N–H and O–H groups in total. The van der Waals surface area contributed by atoms with Crippen LogP contribution in [-0.2, 0) is 4.79 Å². The number of fused-ring (bicyclic) bond motifs is 2. The molecule has 0 aromatic heterocycles. The van der Waals surface area contributed by atoms with Gasteiger partial charge in [-0.25, -0.2) is 9.59 Å². The maximum absolute atomic E-state index is 12.9. The van der Waals surface area contributed by atoms with Crippen molar-refractivity contribution in [3.05, 3.63) is 59.7 Å². The van der Waals surface area contributed by atoms with Crippen LogP contribution in [0.3, 0.4) is 0 Å². The number of carbonyl (C=O) groups excluding carboxylic acids is 2. The van der Waals surface area contributed by atoms with Gasteiger partial charge in [-0.2, -0.15) is 0 Å². The molecule has 22 heavy (non-hydrogen) atoms. The number of nitrogens with zero attached hydrogens (tertiary/aromatic N) is 1. The third kappa shape index (κ3) is 1.81. The SMILES string of the molecule is CCC(=O)[N+]1(C(N)=O)c2ccccc2C=Cc2ccccc21. The molecule has 1 heterocycles. The van der Waals surface area contributed by atoms with Gasteiger partial charge in [0.25, 0.3) is 0 Å². The quantitative estimate of drug-likeness (QED) is 0.812. The topological polar surface area (TPSA) is 60.2 Å². The van der Waals surface area contributed by atoms with Crippen LogP contribution in [0.1, 0.15) is 24.5 Å². The fourth-order valence-electron chi connectivity index (χ4n) is 3.04. The van der Waals surface area contributed by atoms with E-state index >= 15 is 0 Å². The molecule has 4 nitrogen and oxygen atoms in total. The number of quaternary nitrogens is 1. The van der Waals surface area contributed by atoms with Gasteiger partial charge in [-0.05, 0) is 24.3 Å². The van der Waals surface area contributed by atoms with Gasteiger partial charge >= 0.3 is 11.9 Å². The predicted octanol–water partition coefficient (Wildman–Crippen LogP) is 3.82. The minimum absolute atomic E-state index is 0.214. The monoisotopic (exact) mass is 293 g/mol. The second kappa shape index (κ2) is 5.24. The minimum Gasteiger partial charge on any atom is -0.318 e. The Morgan fingerprint density at radius 3 is 1.77 bits per heavy atom. The molecular formula is C18H17N2O2+. The second-order valence-corrected chi connectivity index (χ2v) is 5.21. The molecule has 0 saturated heterocycles. The van der Waals surface area contributed by atoms with Crippen molar-refractivity contribution in [2.24, 2.45) is 5.73 Å². The highest BCUT2D eigenvalue weighted by Gasteiger charge is 2.49. The maximum Gasteiger partial charge on any atom is 0.431 e. The van der Waals surface area contributed by atoms with Crippen LogP contribution < -0.4 is 10.2 Å². The van der Waals surface area contributed by atoms with Crippen LogP contribution >= 0.6 is 0 Å². The number of hydrogen-bond acceptors (Lipinski definition) is 2. The average molecular weight is 293 g/mol. The number of nitrogens with two attached hydrogens (primary N) is 1. The average Bonchev–Trinajstić information content (AvgIpc) is 2.69. The van der Waals surface area contributed by atoms with E-state index < -0.39 is 10.5 Å². The Morgan fingerprint density at radius 1 is 0.909 bits per heavy atom. The van der Waals surface area contributed by atoms with E-state index in [0.29, 0.717) is 11.4 Å². The van der Waals surface area contributed by atoms with Crippen molar-refractivity contribution in [1.82, 2.24) is 4.48 Å². The number of primary amides is 1. The number of benzene rings is 2. The van der Waals surface area contributed by atoms with Gasteiger partial charge < -0.3 is 5.73 Å². The zero-order valence-electron chi connectivity index (χ0n) is 12.3. The van der Waals surface area contributed by atoms with Crippen molar-refractivity contribution in [2.75, 3.05) is 0 Å². The van der Waals surface area contributed by atoms with Crippen molar-refractivity contribution in [3.63, 3.8) is 0 Å². The fraction of sp³-hybridized carbons (Fsp3) is 0.111. The molecule has 110 valence electrons. The summed E-state index contributed by atoms with van der Waals surface area (Å²) in [6, 6.07) is 14.1. The second-order valence-electron chi connectivity index (χ2n) is 5.21. The lowest BCUT2D eigenvalue weighted by Gasteiger charge is -2.31. The van der Waals surface area contributed by atoms with Crippen molar-refractivity contribution in [2.45, 2.75) is 13.3 Å². The summed E-state index contributed by atoms with van der Waals surface area (Å²) in [5, 5.41) is 0. The van der Waals surface area contributed by atoms with Gasteiger partial charge in [0, 0.05) is 23.3 Å². The molecule has 2 aromatic rings. The molecule has 2 aromatic carbocycles. The van der Waals surface area contributed by atoms with Crippen LogP contribution in [-0.4, -0.2) is 11.9 Å². The number of carbonyl (C=O) groups is 2. The lowest BCUT2D eigenvalue weighted by molar-refractivity contribution is -0.125. The van der Waals surface area contributed by atoms with Gasteiger partial charge in [0.1, 0.15) is 0 Å². The van der Waals surface area contributed by atoms with Gasteiger partial charge in [-0.1, -0.05) is 31.2 Å². The number of hydrogen-bond donors (Lipinski definition) is 1. The van der Waals surface area contributed by atoms with Crippen molar-refractivity contribution < 1.29 is 9.59 Å². The summed E-state index contributed by atoms with van der Waals surface area (Å²) in [5.41, 5.74) is 8.60. The van der Waals surface area contributed by atoms with Gasteiger partial charge in [-0.15, -0.1) is 4.48 Å². The number of rotatable bonds is 1. The molecule has 0 atom stereocenters. The molecule has 3 rings (SSSR count). The smallest absolute Gasteiger partial charge is 0.318 e. The normalized spacial score (nSPS) is 14.6. The lowest BCUT2D eigenvalue weighted by atomic mass is 10.1. The first-order chi connectivity index (χ1) is 10.6. The standard InChI is InChI=1S/C18H16N2O2/c1-2-17(21)20(18(19)22)15-9-5-3-7-13(15)11-12-14-8-4-6-10-16(14)20/h3-12H,2H2,1H3,(H-,19,22)/p+1. The molecular weight excluding hydrogens is 276 g/mol. The third-order valence-corrected chi connectivity index (χ3v) is 4.05. The summed E-state index contributed by atoms with van der Waals surface area (Å²) in [4.78, 5) is 25.4. The molecule has 0 fully saturated rings. The molecule has 0 radical (unpaired) electrons. The highest BCUT2D eigenvalue weighted by molar-refractivity contribution is 6.16. The third-order valence-electron chi connectivity index (χ3n) is 4.05. The minimum atomic E-state index is -0.685. The van der Waals surface area contributed by atoms with Gasteiger partial charge in [0.15, 0.2) is 11.4 Å². The van der Waals surface area contributed by atoms with Crippen LogP contribution in [0.25, 0.3) is 12.2 Å². The van der Waals surface area contributed by atoms with Gasteiger partial charge in [-0.3, -0.25) is 0 Å². The zero-order chi connectivity index (χ0) is 15.7. The van der Waals surface area contributed by atoms with E-state index in [1.807, 2.05) is 48.6 Å². The Hall–Kier alpha value is -2.72. The Labute approximate surface area is 129 Å². The van der Waals surface area contributed by atoms with Crippen LogP contribution in [0.2, 0.25) is 0 Å². The summed E-state index contributed by atoms with van der Waals surface area (Å²) in [6.07, 6.45) is 4.05. The van der Waals surface area contributed by atoms with Crippen LogP contribution in [0.4, 0.5) is 16.2 Å². The zero-order valence-corrected chi connectivity index (χ0v) is 12.3. The maximum atomic E-state index is 12.9. The summed E-state index contributed by atoms with van der Waals surface area (Å²) < 4.78 is -0.574. The van der Waals surface area contributed by atoms with Gasteiger partial charge in [0.05, 0.1) is 6.42 Å². The van der Waals surface area contributed by atoms with E-state index in [1.54, 1.807) is 19.1 Å². The van der Waals surface area contributed by atoms with Crippen LogP contribution in [0.5, 0.6) is 0 Å². The molecule has 4 heteroatoms. The molecule has 0 spiro atoms. The number of amides is 3. The summed E-state index contributed by atoms with van der Waals surface area (Å²) >= 11 is 0. The lowest BCUT2D eigenvalue weighted by Crippen LogP contribution is -2.57. The predicted molar refractivity (Wildman–Crippen MR) is 88.1 cm³/mol. The van der Waals surface area contributed by atoms with E-state index in [2.05, 4.69) is 0 Å². The first-order valence-electron chi connectivity index (χ1n) is 7.22. The number of urea groups is 1. The largest absolute Gasteiger partial charge is 0.431 e.